The Kier molecular flexibility index (Phi) is 61.1. The van der Waals surface area contributed by atoms with Gasteiger partial charge in [-0.15, -0.1) is 0 Å². The van der Waals surface area contributed by atoms with Crippen molar-refractivity contribution in [1.29, 1.82) is 0 Å². The van der Waals surface area contributed by atoms with Crippen LogP contribution in [0.3, 0.4) is 0 Å². The van der Waals surface area contributed by atoms with Crippen LogP contribution in [0.2, 0.25) is 0 Å². The number of hydrogen-bond donors (Lipinski definition) is 1. The van der Waals surface area contributed by atoms with Crippen LogP contribution in [-0.2, 0) is 27.9 Å². The van der Waals surface area contributed by atoms with Gasteiger partial charge in [-0.05, 0) is 83.1 Å². The molecular weight excluding hydrogens is 1060 g/mol. The highest BCUT2D eigenvalue weighted by atomic mass is 31.2. The lowest BCUT2D eigenvalue weighted by molar-refractivity contribution is -0.870. The molecule has 0 fully saturated rings. The molecule has 0 aromatic rings. The lowest BCUT2D eigenvalue weighted by Gasteiger charge is -2.30. The van der Waals surface area contributed by atoms with Crippen LogP contribution in [0.15, 0.2) is 85.1 Å². The number of rotatable bonds is 64. The molecule has 0 bridgehead atoms. The number of allylic oxidation sites excluding steroid dienone is 13. The van der Waals surface area contributed by atoms with Gasteiger partial charge >= 0.3 is 5.97 Å². The summed E-state index contributed by atoms with van der Waals surface area (Å²) in [6, 6.07) is -0.909. The predicted octanol–water partition coefficient (Wildman–Crippen LogP) is 21.9. The van der Waals surface area contributed by atoms with E-state index in [2.05, 4.69) is 99.0 Å². The number of carbonyl (C=O) groups is 2. The fourth-order valence-electron chi connectivity index (χ4n) is 10.2. The summed E-state index contributed by atoms with van der Waals surface area (Å²) in [6.07, 6.45) is 84.3. The minimum atomic E-state index is -4.72. The standard InChI is InChI=1S/C74H135N2O7P/c1-7-10-13-16-19-22-25-28-30-32-34-36-37-38-39-41-42-44-46-48-51-54-57-60-63-66-73(77)75-71(70-82-84(79,80)81-69-68-76(4,5)6)72(65-62-59-56-53-50-27-24-21-18-15-12-9-3)83-74(78)67-64-61-58-55-52-49-47-45-43-40-35-33-31-29-26-23-20-17-14-11-8-2/h11,14,20,23,29,31,35,40,45,47,52,55,62,65,71-72H,7-10,12-13,15-19,21-22,24-28,30,32-34,36-39,41-44,46,48-51,53-54,56-61,63-64,66-70H2,1-6H3,(H-,75,77,79,80)/b14-11-,23-20-,31-29-,40-35-,47-45-,55-52-,65-62+. The molecule has 0 heterocycles. The van der Waals surface area contributed by atoms with Gasteiger partial charge < -0.3 is 28.5 Å². The van der Waals surface area contributed by atoms with Crippen molar-refractivity contribution in [3.8, 4) is 0 Å². The zero-order chi connectivity index (χ0) is 61.4. The molecule has 0 spiro atoms. The molecule has 0 aliphatic rings. The summed E-state index contributed by atoms with van der Waals surface area (Å²) >= 11 is 0. The molecule has 0 rings (SSSR count). The summed E-state index contributed by atoms with van der Waals surface area (Å²) in [4.78, 5) is 40.1. The summed E-state index contributed by atoms with van der Waals surface area (Å²) in [5.41, 5.74) is 0. The van der Waals surface area contributed by atoms with E-state index in [1.54, 1.807) is 0 Å². The second-order valence-corrected chi connectivity index (χ2v) is 26.4. The first kappa shape index (κ1) is 81.2. The summed E-state index contributed by atoms with van der Waals surface area (Å²) in [5.74, 6) is -0.583. The average molecular weight is 1200 g/mol. The number of nitrogens with zero attached hydrogens (tertiary/aromatic N) is 1. The molecule has 0 saturated heterocycles. The highest BCUT2D eigenvalue weighted by molar-refractivity contribution is 7.45. The number of phosphoric acid groups is 1. The van der Waals surface area contributed by atoms with E-state index in [0.29, 0.717) is 23.9 Å². The van der Waals surface area contributed by atoms with Gasteiger partial charge in [-0.25, -0.2) is 0 Å². The number of amides is 1. The van der Waals surface area contributed by atoms with Crippen LogP contribution in [-0.4, -0.2) is 69.4 Å². The maximum atomic E-state index is 13.6. The summed E-state index contributed by atoms with van der Waals surface area (Å²) < 4.78 is 30.4. The molecule has 0 radical (unpaired) electrons. The van der Waals surface area contributed by atoms with E-state index in [1.165, 1.54) is 193 Å². The van der Waals surface area contributed by atoms with Crippen LogP contribution in [0.25, 0.3) is 0 Å². The Morgan fingerprint density at radius 3 is 1.15 bits per heavy atom. The zero-order valence-corrected chi connectivity index (χ0v) is 56.7. The second-order valence-electron chi connectivity index (χ2n) is 25.0. The molecule has 488 valence electrons. The van der Waals surface area contributed by atoms with Crippen LogP contribution in [0, 0.1) is 0 Å². The van der Waals surface area contributed by atoms with Crippen molar-refractivity contribution in [3.05, 3.63) is 85.1 Å². The van der Waals surface area contributed by atoms with Crippen LogP contribution < -0.4 is 10.2 Å². The Morgan fingerprint density at radius 2 is 0.762 bits per heavy atom. The van der Waals surface area contributed by atoms with Crippen LogP contribution in [0.4, 0.5) is 0 Å². The highest BCUT2D eigenvalue weighted by Gasteiger charge is 2.27. The van der Waals surface area contributed by atoms with Gasteiger partial charge in [0.05, 0.1) is 33.8 Å². The first-order chi connectivity index (χ1) is 40.9. The third-order valence-corrected chi connectivity index (χ3v) is 16.6. The predicted molar refractivity (Wildman–Crippen MR) is 362 cm³/mol. The largest absolute Gasteiger partial charge is 0.756 e. The fourth-order valence-corrected chi connectivity index (χ4v) is 10.9. The van der Waals surface area contributed by atoms with Crippen molar-refractivity contribution in [2.24, 2.45) is 0 Å². The van der Waals surface area contributed by atoms with Crippen LogP contribution in [0.5, 0.6) is 0 Å². The van der Waals surface area contributed by atoms with E-state index in [1.807, 2.05) is 33.3 Å². The molecular formula is C74H135N2O7P. The van der Waals surface area contributed by atoms with Gasteiger partial charge in [0.2, 0.25) is 5.91 Å². The van der Waals surface area contributed by atoms with Gasteiger partial charge in [0.15, 0.2) is 0 Å². The normalized spacial score (nSPS) is 14.0. The Balaban J connectivity index is 5.12. The highest BCUT2D eigenvalue weighted by Crippen LogP contribution is 2.38. The van der Waals surface area contributed by atoms with E-state index in [4.69, 9.17) is 13.8 Å². The lowest BCUT2D eigenvalue weighted by Crippen LogP contribution is -2.47. The Labute approximate surface area is 520 Å². The summed E-state index contributed by atoms with van der Waals surface area (Å²) in [5, 5.41) is 3.03. The van der Waals surface area contributed by atoms with Gasteiger partial charge in [-0.3, -0.25) is 14.2 Å². The number of carbonyl (C=O) groups excluding carboxylic acids is 2. The number of unbranched alkanes of at least 4 members (excludes halogenated alkanes) is 36. The molecule has 1 amide bonds. The molecule has 0 aromatic heterocycles. The molecule has 3 atom stereocenters. The van der Waals surface area contributed by atoms with Gasteiger partial charge in [0, 0.05) is 12.8 Å². The molecule has 0 aromatic carbocycles. The third-order valence-electron chi connectivity index (χ3n) is 15.6. The maximum absolute atomic E-state index is 13.6. The van der Waals surface area contributed by atoms with Crippen molar-refractivity contribution in [3.63, 3.8) is 0 Å². The monoisotopic (exact) mass is 1200 g/mol. The first-order valence-electron chi connectivity index (χ1n) is 35.4. The molecule has 84 heavy (non-hydrogen) atoms. The maximum Gasteiger partial charge on any atom is 0.306 e. The number of nitrogens with one attached hydrogen (secondary N) is 1. The summed E-state index contributed by atoms with van der Waals surface area (Å²) in [7, 11) is 1.16. The fraction of sp³-hybridized carbons (Fsp3) is 0.784. The third kappa shape index (κ3) is 63.7. The molecule has 1 N–H and O–H groups in total. The van der Waals surface area contributed by atoms with Crippen molar-refractivity contribution in [2.45, 2.75) is 335 Å². The minimum Gasteiger partial charge on any atom is -0.756 e. The topological polar surface area (TPSA) is 114 Å². The Hall–Kier alpha value is -2.81. The van der Waals surface area contributed by atoms with Gasteiger partial charge in [0.1, 0.15) is 19.3 Å². The number of hydrogen-bond acceptors (Lipinski definition) is 7. The number of esters is 1. The number of phosphoric ester groups is 1. The minimum absolute atomic E-state index is 0.0311. The van der Waals surface area contributed by atoms with Crippen molar-refractivity contribution < 1.29 is 37.3 Å². The molecule has 10 heteroatoms. The van der Waals surface area contributed by atoms with Crippen LogP contribution >= 0.6 is 7.82 Å². The molecule has 0 saturated carbocycles. The van der Waals surface area contributed by atoms with E-state index in [9.17, 15) is 19.0 Å². The van der Waals surface area contributed by atoms with E-state index in [0.717, 1.165) is 89.9 Å². The zero-order valence-electron chi connectivity index (χ0n) is 55.8. The first-order valence-corrected chi connectivity index (χ1v) is 36.9. The van der Waals surface area contributed by atoms with Crippen molar-refractivity contribution in [2.75, 3.05) is 40.9 Å². The average Bonchev–Trinajstić information content (AvgIpc) is 3.65. The summed E-state index contributed by atoms with van der Waals surface area (Å²) in [6.45, 7) is 6.73. The molecule has 0 aliphatic heterocycles. The smallest absolute Gasteiger partial charge is 0.306 e. The van der Waals surface area contributed by atoms with E-state index < -0.39 is 26.6 Å². The molecule has 0 aliphatic carbocycles. The number of likely N-dealkylation sites (N-methyl/N-ethyl adjacent to an activating group) is 1. The Morgan fingerprint density at radius 1 is 0.429 bits per heavy atom. The van der Waals surface area contributed by atoms with E-state index in [-0.39, 0.29) is 24.9 Å². The van der Waals surface area contributed by atoms with Gasteiger partial charge in [-0.1, -0.05) is 312 Å². The Bertz CT molecular complexity index is 1710. The van der Waals surface area contributed by atoms with Crippen LogP contribution in [0.1, 0.15) is 323 Å². The second kappa shape index (κ2) is 63.2. The van der Waals surface area contributed by atoms with Gasteiger partial charge in [0.25, 0.3) is 7.82 Å². The van der Waals surface area contributed by atoms with Crippen molar-refractivity contribution in [1.82, 2.24) is 5.32 Å². The SMILES string of the molecule is CC/C=C\C/C=C\C/C=C\C/C=C\C/C=C\C/C=C\CCCCC(=O)OC(/C=C/CCCCCCCCCCCC)C(COP(=O)([O-])OCC[N+](C)(C)C)NC(=O)CCCCCCCCCCCCCCCCCCCCCCCCCCC. The number of ether oxygens (including phenoxy) is 1. The lowest BCUT2D eigenvalue weighted by atomic mass is 10.0. The quantitative estimate of drug-likeness (QED) is 0.0212. The van der Waals surface area contributed by atoms with E-state index >= 15 is 0 Å². The number of quaternary nitrogens is 1. The molecule has 3 unspecified atom stereocenters. The van der Waals surface area contributed by atoms with Gasteiger partial charge in [-0.2, -0.15) is 0 Å². The molecule has 9 nitrogen and oxygen atoms in total. The van der Waals surface area contributed by atoms with Crippen molar-refractivity contribution >= 4 is 19.7 Å².